The summed E-state index contributed by atoms with van der Waals surface area (Å²) in [5.74, 6) is 0.323. The fourth-order valence-corrected chi connectivity index (χ4v) is 3.93. The summed E-state index contributed by atoms with van der Waals surface area (Å²) in [6, 6.07) is 23.7. The molecule has 3 aromatic rings. The molecule has 1 atom stereocenters. The molecule has 1 heterocycles. The topological polar surface area (TPSA) is 97.0 Å². The molecular formula is C28H29N3O5. The maximum absolute atomic E-state index is 12.6. The summed E-state index contributed by atoms with van der Waals surface area (Å²) in [5.41, 5.74) is 2.35. The van der Waals surface area contributed by atoms with E-state index in [0.717, 1.165) is 11.3 Å². The van der Waals surface area contributed by atoms with Crippen molar-refractivity contribution in [2.24, 2.45) is 5.92 Å². The molecule has 0 bridgehead atoms. The minimum absolute atomic E-state index is 0.0988. The van der Waals surface area contributed by atoms with Crippen molar-refractivity contribution in [3.8, 4) is 11.5 Å². The molecule has 1 fully saturated rings. The molecule has 36 heavy (non-hydrogen) atoms. The molecule has 4 rings (SSSR count). The van der Waals surface area contributed by atoms with E-state index in [4.69, 9.17) is 9.47 Å². The summed E-state index contributed by atoms with van der Waals surface area (Å²) in [6.07, 6.45) is 0.171. The lowest BCUT2D eigenvalue weighted by atomic mass is 10.1. The van der Waals surface area contributed by atoms with Gasteiger partial charge in [-0.3, -0.25) is 14.4 Å². The lowest BCUT2D eigenvalue weighted by Gasteiger charge is -2.17. The van der Waals surface area contributed by atoms with Crippen LogP contribution in [0, 0.1) is 5.92 Å². The van der Waals surface area contributed by atoms with Crippen LogP contribution in [0.15, 0.2) is 78.9 Å². The number of hydrogen-bond acceptors (Lipinski definition) is 5. The minimum Gasteiger partial charge on any atom is -0.494 e. The molecule has 1 aliphatic heterocycles. The number of rotatable bonds is 10. The van der Waals surface area contributed by atoms with E-state index < -0.39 is 5.92 Å². The van der Waals surface area contributed by atoms with Gasteiger partial charge in [-0.15, -0.1) is 0 Å². The average molecular weight is 488 g/mol. The van der Waals surface area contributed by atoms with Crippen LogP contribution in [0.4, 0.5) is 11.4 Å². The Morgan fingerprint density at radius 3 is 2.28 bits per heavy atom. The Morgan fingerprint density at radius 1 is 0.917 bits per heavy atom. The summed E-state index contributed by atoms with van der Waals surface area (Å²) < 4.78 is 11.0. The molecule has 0 unspecified atom stereocenters. The van der Waals surface area contributed by atoms with E-state index in [1.807, 2.05) is 37.3 Å². The zero-order valence-electron chi connectivity index (χ0n) is 20.1. The van der Waals surface area contributed by atoms with E-state index in [-0.39, 0.29) is 30.7 Å². The highest BCUT2D eigenvalue weighted by Gasteiger charge is 2.35. The van der Waals surface area contributed by atoms with E-state index >= 15 is 0 Å². The van der Waals surface area contributed by atoms with Crippen molar-refractivity contribution in [3.05, 3.63) is 84.4 Å². The Kier molecular flexibility index (Phi) is 8.18. The van der Waals surface area contributed by atoms with Crippen LogP contribution in [-0.2, 0) is 20.9 Å². The SMILES string of the molecule is CCOc1ccc(NC(=O)COc2ccc(N3C[C@@H](C(=O)NCc4ccccc4)CC3=O)cc2)cc1. The summed E-state index contributed by atoms with van der Waals surface area (Å²) in [4.78, 5) is 38.9. The van der Waals surface area contributed by atoms with Crippen molar-refractivity contribution in [2.45, 2.75) is 19.9 Å². The van der Waals surface area contributed by atoms with Crippen molar-refractivity contribution >= 4 is 29.1 Å². The summed E-state index contributed by atoms with van der Waals surface area (Å²) in [7, 11) is 0. The fraction of sp³-hybridized carbons (Fsp3) is 0.250. The van der Waals surface area contributed by atoms with E-state index in [9.17, 15) is 14.4 Å². The number of hydrogen-bond donors (Lipinski definition) is 2. The number of nitrogens with zero attached hydrogens (tertiary/aromatic N) is 1. The van der Waals surface area contributed by atoms with Gasteiger partial charge in [0.2, 0.25) is 11.8 Å². The molecule has 2 N–H and O–H groups in total. The molecule has 0 saturated carbocycles. The molecule has 8 nitrogen and oxygen atoms in total. The van der Waals surface area contributed by atoms with Crippen LogP contribution in [-0.4, -0.2) is 37.5 Å². The van der Waals surface area contributed by atoms with Crippen molar-refractivity contribution < 1.29 is 23.9 Å². The number of carbonyl (C=O) groups is 3. The van der Waals surface area contributed by atoms with Gasteiger partial charge in [-0.05, 0) is 61.0 Å². The van der Waals surface area contributed by atoms with Crippen LogP contribution < -0.4 is 25.0 Å². The van der Waals surface area contributed by atoms with Gasteiger partial charge in [0.05, 0.1) is 12.5 Å². The van der Waals surface area contributed by atoms with Crippen LogP contribution in [0.1, 0.15) is 18.9 Å². The fourth-order valence-electron chi connectivity index (χ4n) is 3.93. The van der Waals surface area contributed by atoms with E-state index in [0.29, 0.717) is 36.8 Å². The van der Waals surface area contributed by atoms with Gasteiger partial charge in [-0.1, -0.05) is 30.3 Å². The molecule has 0 aromatic heterocycles. The Labute approximate surface area is 210 Å². The summed E-state index contributed by atoms with van der Waals surface area (Å²) in [6.45, 7) is 3.09. The molecule has 8 heteroatoms. The summed E-state index contributed by atoms with van der Waals surface area (Å²) in [5, 5.41) is 5.68. The lowest BCUT2D eigenvalue weighted by molar-refractivity contribution is -0.126. The number of benzene rings is 3. The smallest absolute Gasteiger partial charge is 0.262 e. The van der Waals surface area contributed by atoms with Gasteiger partial charge < -0.3 is 25.0 Å². The second-order valence-corrected chi connectivity index (χ2v) is 8.40. The Balaban J connectivity index is 1.24. The molecule has 3 amide bonds. The first-order valence-electron chi connectivity index (χ1n) is 11.9. The predicted octanol–water partition coefficient (Wildman–Crippen LogP) is 3.77. The third-order valence-corrected chi connectivity index (χ3v) is 5.77. The highest BCUT2D eigenvalue weighted by atomic mass is 16.5. The maximum Gasteiger partial charge on any atom is 0.262 e. The third-order valence-electron chi connectivity index (χ3n) is 5.77. The second kappa shape index (κ2) is 11.9. The minimum atomic E-state index is -0.400. The number of ether oxygens (including phenoxy) is 2. The van der Waals surface area contributed by atoms with Crippen molar-refractivity contribution in [1.82, 2.24) is 5.32 Å². The van der Waals surface area contributed by atoms with Crippen LogP contribution in [0.25, 0.3) is 0 Å². The normalized spacial score (nSPS) is 14.9. The molecule has 1 aliphatic rings. The van der Waals surface area contributed by atoms with E-state index in [1.54, 1.807) is 53.4 Å². The lowest BCUT2D eigenvalue weighted by Crippen LogP contribution is -2.32. The molecule has 3 aromatic carbocycles. The molecule has 0 aliphatic carbocycles. The quantitative estimate of drug-likeness (QED) is 0.454. The first-order valence-corrected chi connectivity index (χ1v) is 11.9. The standard InChI is InChI=1S/C28H29N3O5/c1-2-35-24-12-8-22(9-13-24)30-26(32)19-36-25-14-10-23(11-15-25)31-18-21(16-27(31)33)28(34)29-17-20-6-4-3-5-7-20/h3-15,21H,2,16-19H2,1H3,(H,29,34)(H,30,32)/t21-/m0/s1. The Bertz CT molecular complexity index is 1180. The highest BCUT2D eigenvalue weighted by Crippen LogP contribution is 2.27. The van der Waals surface area contributed by atoms with Crippen LogP contribution >= 0.6 is 0 Å². The first kappa shape index (κ1) is 24.8. The number of amides is 3. The summed E-state index contributed by atoms with van der Waals surface area (Å²) >= 11 is 0. The number of carbonyl (C=O) groups excluding carboxylic acids is 3. The van der Waals surface area contributed by atoms with Gasteiger partial charge in [-0.25, -0.2) is 0 Å². The van der Waals surface area contributed by atoms with Gasteiger partial charge in [0.25, 0.3) is 5.91 Å². The molecular weight excluding hydrogens is 458 g/mol. The second-order valence-electron chi connectivity index (χ2n) is 8.40. The van der Waals surface area contributed by atoms with Crippen LogP contribution in [0.3, 0.4) is 0 Å². The van der Waals surface area contributed by atoms with E-state index in [2.05, 4.69) is 10.6 Å². The monoisotopic (exact) mass is 487 g/mol. The Hall–Kier alpha value is -4.33. The van der Waals surface area contributed by atoms with Crippen LogP contribution in [0.5, 0.6) is 11.5 Å². The first-order chi connectivity index (χ1) is 17.5. The predicted molar refractivity (Wildman–Crippen MR) is 137 cm³/mol. The molecule has 186 valence electrons. The largest absolute Gasteiger partial charge is 0.494 e. The van der Waals surface area contributed by atoms with Crippen LogP contribution in [0.2, 0.25) is 0 Å². The van der Waals surface area contributed by atoms with Gasteiger partial charge in [0.1, 0.15) is 11.5 Å². The number of nitrogens with one attached hydrogen (secondary N) is 2. The van der Waals surface area contributed by atoms with Crippen molar-refractivity contribution in [2.75, 3.05) is 30.0 Å². The molecule has 0 spiro atoms. The zero-order valence-corrected chi connectivity index (χ0v) is 20.1. The van der Waals surface area contributed by atoms with Gasteiger partial charge in [0.15, 0.2) is 6.61 Å². The number of anilines is 2. The maximum atomic E-state index is 12.6. The zero-order chi connectivity index (χ0) is 25.3. The van der Waals surface area contributed by atoms with Gasteiger partial charge in [-0.2, -0.15) is 0 Å². The highest BCUT2D eigenvalue weighted by molar-refractivity contribution is 6.00. The van der Waals surface area contributed by atoms with E-state index in [1.165, 1.54) is 0 Å². The average Bonchev–Trinajstić information content (AvgIpc) is 3.30. The molecule has 1 saturated heterocycles. The van der Waals surface area contributed by atoms with Crippen molar-refractivity contribution in [1.29, 1.82) is 0 Å². The third kappa shape index (κ3) is 6.63. The Morgan fingerprint density at radius 2 is 1.58 bits per heavy atom. The molecule has 0 radical (unpaired) electrons. The van der Waals surface area contributed by atoms with Gasteiger partial charge in [0, 0.05) is 30.9 Å². The van der Waals surface area contributed by atoms with Gasteiger partial charge >= 0.3 is 0 Å². The van der Waals surface area contributed by atoms with Crippen molar-refractivity contribution in [3.63, 3.8) is 0 Å².